The first-order valence-corrected chi connectivity index (χ1v) is 11.7. The zero-order chi connectivity index (χ0) is 22.3. The van der Waals surface area contributed by atoms with Crippen LogP contribution < -0.4 is 0 Å². The molecule has 6 nitrogen and oxygen atoms in total. The summed E-state index contributed by atoms with van der Waals surface area (Å²) in [6.45, 7) is 10.7. The van der Waals surface area contributed by atoms with Gasteiger partial charge in [0, 0.05) is 34.8 Å². The Labute approximate surface area is 194 Å². The van der Waals surface area contributed by atoms with Crippen molar-refractivity contribution in [3.8, 4) is 0 Å². The maximum Gasteiger partial charge on any atom is 0.199 e. The van der Waals surface area contributed by atoms with E-state index < -0.39 is 0 Å². The van der Waals surface area contributed by atoms with E-state index in [0.29, 0.717) is 25.2 Å². The van der Waals surface area contributed by atoms with E-state index in [9.17, 15) is 0 Å². The zero-order valence-electron chi connectivity index (χ0n) is 19.0. The lowest BCUT2D eigenvalue weighted by Crippen LogP contribution is -2.23. The molecule has 8 heteroatoms. The fourth-order valence-electron chi connectivity index (χ4n) is 4.05. The van der Waals surface area contributed by atoms with Gasteiger partial charge in [-0.25, -0.2) is 4.68 Å². The number of rotatable bonds is 8. The van der Waals surface area contributed by atoms with Gasteiger partial charge in [0.25, 0.3) is 0 Å². The SMILES string of the molecule is Cc1nn(Cc2ccccc2Cl)c(C)c1CN(C)Cn1nc(C(C)C)n(C2CC2)c1=S. The third-order valence-electron chi connectivity index (χ3n) is 5.94. The van der Waals surface area contributed by atoms with Gasteiger partial charge < -0.3 is 4.57 Å². The van der Waals surface area contributed by atoms with Crippen LogP contribution in [0.1, 0.15) is 67.0 Å². The molecular formula is C23H31ClN6S. The minimum atomic E-state index is 0.362. The van der Waals surface area contributed by atoms with Gasteiger partial charge in [-0.1, -0.05) is 43.6 Å². The number of aryl methyl sites for hydroxylation is 1. The molecule has 1 aliphatic carbocycles. The van der Waals surface area contributed by atoms with Crippen LogP contribution >= 0.6 is 23.8 Å². The molecule has 0 unspecified atom stereocenters. The van der Waals surface area contributed by atoms with Gasteiger partial charge >= 0.3 is 0 Å². The fourth-order valence-corrected chi connectivity index (χ4v) is 4.59. The maximum absolute atomic E-state index is 6.36. The Hall–Kier alpha value is -1.96. The second-order valence-corrected chi connectivity index (χ2v) is 9.72. The molecule has 0 saturated heterocycles. The van der Waals surface area contributed by atoms with E-state index in [2.05, 4.69) is 50.3 Å². The Morgan fingerprint density at radius 3 is 2.52 bits per heavy atom. The van der Waals surface area contributed by atoms with Crippen LogP contribution in [0.2, 0.25) is 5.02 Å². The van der Waals surface area contributed by atoms with Crippen LogP contribution in [0.3, 0.4) is 0 Å². The maximum atomic E-state index is 6.36. The molecule has 31 heavy (non-hydrogen) atoms. The van der Waals surface area contributed by atoms with Crippen LogP contribution in [0.25, 0.3) is 0 Å². The number of hydrogen-bond acceptors (Lipinski definition) is 4. The fraction of sp³-hybridized carbons (Fsp3) is 0.522. The van der Waals surface area contributed by atoms with E-state index in [1.54, 1.807) is 0 Å². The molecule has 1 aliphatic rings. The Morgan fingerprint density at radius 2 is 1.87 bits per heavy atom. The Balaban J connectivity index is 1.51. The molecule has 0 N–H and O–H groups in total. The molecule has 0 amide bonds. The third kappa shape index (κ3) is 4.64. The van der Waals surface area contributed by atoms with Crippen LogP contribution in [0.15, 0.2) is 24.3 Å². The first-order valence-electron chi connectivity index (χ1n) is 10.9. The van der Waals surface area contributed by atoms with E-state index >= 15 is 0 Å². The molecule has 0 aliphatic heterocycles. The van der Waals surface area contributed by atoms with Gasteiger partial charge in [0.2, 0.25) is 0 Å². The van der Waals surface area contributed by atoms with Gasteiger partial charge in [-0.05, 0) is 57.6 Å². The molecule has 0 radical (unpaired) electrons. The minimum absolute atomic E-state index is 0.362. The van der Waals surface area contributed by atoms with Crippen molar-refractivity contribution in [2.24, 2.45) is 0 Å². The summed E-state index contributed by atoms with van der Waals surface area (Å²) in [5, 5.41) is 10.4. The summed E-state index contributed by atoms with van der Waals surface area (Å²) in [5.74, 6) is 1.46. The molecule has 1 fully saturated rings. The van der Waals surface area contributed by atoms with Crippen molar-refractivity contribution in [1.82, 2.24) is 29.0 Å². The third-order valence-corrected chi connectivity index (χ3v) is 6.71. The van der Waals surface area contributed by atoms with E-state index in [-0.39, 0.29) is 0 Å². The van der Waals surface area contributed by atoms with Crippen LogP contribution in [0, 0.1) is 18.6 Å². The molecule has 1 aromatic carbocycles. The van der Waals surface area contributed by atoms with Crippen molar-refractivity contribution in [2.75, 3.05) is 7.05 Å². The molecule has 0 atom stereocenters. The highest BCUT2D eigenvalue weighted by atomic mass is 35.5. The number of nitrogens with zero attached hydrogens (tertiary/aromatic N) is 6. The molecule has 2 heterocycles. The van der Waals surface area contributed by atoms with E-state index in [4.69, 9.17) is 34.0 Å². The number of benzene rings is 1. The van der Waals surface area contributed by atoms with Gasteiger partial charge in [-0.15, -0.1) is 0 Å². The molecular weight excluding hydrogens is 428 g/mol. The molecule has 2 aromatic heterocycles. The number of halogens is 1. The van der Waals surface area contributed by atoms with E-state index in [1.165, 1.54) is 24.1 Å². The van der Waals surface area contributed by atoms with Crippen LogP contribution in [-0.2, 0) is 19.8 Å². The lowest BCUT2D eigenvalue weighted by Gasteiger charge is -2.17. The molecule has 0 spiro atoms. The van der Waals surface area contributed by atoms with E-state index in [1.807, 2.05) is 27.6 Å². The van der Waals surface area contributed by atoms with Crippen molar-refractivity contribution < 1.29 is 0 Å². The summed E-state index contributed by atoms with van der Waals surface area (Å²) in [6, 6.07) is 8.48. The Bertz CT molecular complexity index is 1140. The average Bonchev–Trinajstić information content (AvgIpc) is 3.45. The largest absolute Gasteiger partial charge is 0.301 e. The lowest BCUT2D eigenvalue weighted by atomic mass is 10.2. The quantitative estimate of drug-likeness (QED) is 0.419. The predicted molar refractivity (Wildman–Crippen MR) is 127 cm³/mol. The highest BCUT2D eigenvalue weighted by Gasteiger charge is 2.29. The highest BCUT2D eigenvalue weighted by molar-refractivity contribution is 7.71. The zero-order valence-corrected chi connectivity index (χ0v) is 20.5. The van der Waals surface area contributed by atoms with E-state index in [0.717, 1.165) is 33.4 Å². The molecule has 166 valence electrons. The topological polar surface area (TPSA) is 43.8 Å². The van der Waals surface area contributed by atoms with Gasteiger partial charge in [-0.2, -0.15) is 10.2 Å². The van der Waals surface area contributed by atoms with Crippen molar-refractivity contribution in [1.29, 1.82) is 0 Å². The first-order chi connectivity index (χ1) is 14.8. The van der Waals surface area contributed by atoms with Crippen LogP contribution in [0.5, 0.6) is 0 Å². The monoisotopic (exact) mass is 458 g/mol. The van der Waals surface area contributed by atoms with Crippen LogP contribution in [-0.4, -0.2) is 36.1 Å². The molecule has 3 aromatic rings. The Morgan fingerprint density at radius 1 is 1.16 bits per heavy atom. The van der Waals surface area contributed by atoms with Crippen molar-refractivity contribution in [2.45, 2.75) is 72.3 Å². The normalized spacial score (nSPS) is 14.2. The molecule has 1 saturated carbocycles. The molecule has 0 bridgehead atoms. The van der Waals surface area contributed by atoms with Gasteiger partial charge in [0.1, 0.15) is 5.82 Å². The number of hydrogen-bond donors (Lipinski definition) is 0. The Kier molecular flexibility index (Phi) is 6.37. The van der Waals surface area contributed by atoms with Crippen LogP contribution in [0.4, 0.5) is 0 Å². The van der Waals surface area contributed by atoms with Gasteiger partial charge in [0.15, 0.2) is 4.77 Å². The smallest absolute Gasteiger partial charge is 0.199 e. The summed E-state index contributed by atoms with van der Waals surface area (Å²) < 4.78 is 7.12. The van der Waals surface area contributed by atoms with Crippen molar-refractivity contribution in [3.05, 3.63) is 62.4 Å². The highest BCUT2D eigenvalue weighted by Crippen LogP contribution is 2.37. The predicted octanol–water partition coefficient (Wildman–Crippen LogP) is 5.48. The second-order valence-electron chi connectivity index (χ2n) is 8.95. The lowest BCUT2D eigenvalue weighted by molar-refractivity contribution is 0.242. The summed E-state index contributed by atoms with van der Waals surface area (Å²) in [7, 11) is 2.11. The van der Waals surface area contributed by atoms with Gasteiger partial charge in [0.05, 0.1) is 18.9 Å². The summed E-state index contributed by atoms with van der Waals surface area (Å²) in [4.78, 5) is 2.25. The first kappa shape index (κ1) is 22.2. The summed E-state index contributed by atoms with van der Waals surface area (Å²) in [6.07, 6.45) is 2.41. The summed E-state index contributed by atoms with van der Waals surface area (Å²) >= 11 is 12.1. The second kappa shape index (κ2) is 8.88. The van der Waals surface area contributed by atoms with Crippen molar-refractivity contribution in [3.63, 3.8) is 0 Å². The average molecular weight is 459 g/mol. The van der Waals surface area contributed by atoms with Crippen molar-refractivity contribution >= 4 is 23.8 Å². The standard InChI is InChI=1S/C23H31ClN6S/c1-15(2)22-26-29(23(31)30(22)19-10-11-19)14-27(5)13-20-16(3)25-28(17(20)4)12-18-8-6-7-9-21(18)24/h6-9,15,19H,10-14H2,1-5H3. The summed E-state index contributed by atoms with van der Waals surface area (Å²) in [5.41, 5.74) is 4.53. The molecule has 4 rings (SSSR count). The number of aromatic nitrogens is 5. The minimum Gasteiger partial charge on any atom is -0.301 e. The van der Waals surface area contributed by atoms with Gasteiger partial charge in [-0.3, -0.25) is 9.58 Å².